The Hall–Kier alpha value is -3.22. The van der Waals surface area contributed by atoms with E-state index in [1.54, 1.807) is 12.4 Å². The molecule has 0 spiro atoms. The number of hydrogen-bond acceptors (Lipinski definition) is 4. The van der Waals surface area contributed by atoms with Crippen LogP contribution in [0, 0.1) is 6.92 Å². The van der Waals surface area contributed by atoms with Crippen molar-refractivity contribution in [2.75, 3.05) is 0 Å². The Morgan fingerprint density at radius 2 is 1.79 bits per heavy atom. The molecule has 122 valence electrons. The maximum absolute atomic E-state index is 12.3. The van der Waals surface area contributed by atoms with Crippen LogP contribution < -0.4 is 11.0 Å². The van der Waals surface area contributed by atoms with Crippen molar-refractivity contribution in [3.63, 3.8) is 0 Å². The van der Waals surface area contributed by atoms with E-state index in [0.29, 0.717) is 5.82 Å². The second-order valence-corrected chi connectivity index (χ2v) is 5.49. The number of nitrogens with zero attached hydrogens (tertiary/aromatic N) is 2. The van der Waals surface area contributed by atoms with Crippen molar-refractivity contribution in [1.82, 2.24) is 25.5 Å². The average Bonchev–Trinajstić information content (AvgIpc) is 2.99. The first kappa shape index (κ1) is 15.7. The normalized spacial score (nSPS) is 11.9. The summed E-state index contributed by atoms with van der Waals surface area (Å²) in [6.45, 7) is 2.01. The number of amides is 1. The fourth-order valence-electron chi connectivity index (χ4n) is 2.43. The molecule has 0 saturated heterocycles. The number of benzene rings is 1. The van der Waals surface area contributed by atoms with Crippen LogP contribution in [0.5, 0.6) is 0 Å². The lowest BCUT2D eigenvalue weighted by Gasteiger charge is -2.19. The summed E-state index contributed by atoms with van der Waals surface area (Å²) in [5.41, 5.74) is 2.61. The molecule has 1 aromatic carbocycles. The van der Waals surface area contributed by atoms with Crippen molar-refractivity contribution in [1.29, 1.82) is 0 Å². The molecular weight excluding hydrogens is 306 g/mol. The molecule has 1 atom stereocenters. The molecule has 2 heterocycles. The molecule has 1 unspecified atom stereocenters. The molecule has 0 radical (unpaired) electrons. The van der Waals surface area contributed by atoms with Crippen LogP contribution in [-0.2, 0) is 11.2 Å². The van der Waals surface area contributed by atoms with Gasteiger partial charge in [0.25, 0.3) is 0 Å². The Kier molecular flexibility index (Phi) is 4.51. The van der Waals surface area contributed by atoms with Crippen LogP contribution in [-0.4, -0.2) is 26.1 Å². The molecule has 7 heteroatoms. The number of H-pyrrole nitrogens is 2. The van der Waals surface area contributed by atoms with E-state index < -0.39 is 5.69 Å². The molecule has 0 aliphatic heterocycles. The van der Waals surface area contributed by atoms with Gasteiger partial charge >= 0.3 is 5.69 Å². The number of aromatic amines is 2. The third-order valence-corrected chi connectivity index (χ3v) is 3.63. The SMILES string of the molecule is Cc1ccc(C(NC(=O)Cc2n[nH]c(=O)[nH]2)c2ccncc2)cc1. The Bertz CT molecular complexity index is 868. The number of carbonyl (C=O) groups excluding carboxylic acids is 1. The standard InChI is InChI=1S/C17H17N5O2/c1-11-2-4-12(5-3-11)16(13-6-8-18-9-7-13)20-15(23)10-14-19-17(24)22-21-14/h2-9,16H,10H2,1H3,(H,20,23)(H2,19,21,22,24). The van der Waals surface area contributed by atoms with Crippen LogP contribution in [0.15, 0.2) is 53.6 Å². The number of aryl methyl sites for hydroxylation is 1. The molecule has 0 bridgehead atoms. The van der Waals surface area contributed by atoms with Crippen molar-refractivity contribution in [2.45, 2.75) is 19.4 Å². The highest BCUT2D eigenvalue weighted by molar-refractivity contribution is 5.78. The van der Waals surface area contributed by atoms with Crippen molar-refractivity contribution >= 4 is 5.91 Å². The molecule has 0 saturated carbocycles. The van der Waals surface area contributed by atoms with E-state index in [-0.39, 0.29) is 18.4 Å². The van der Waals surface area contributed by atoms with Gasteiger partial charge in [-0.05, 0) is 30.2 Å². The van der Waals surface area contributed by atoms with Gasteiger partial charge in [0.05, 0.1) is 12.5 Å². The highest BCUT2D eigenvalue weighted by Gasteiger charge is 2.17. The summed E-state index contributed by atoms with van der Waals surface area (Å²) >= 11 is 0. The topological polar surface area (TPSA) is 104 Å². The molecular formula is C17H17N5O2. The number of rotatable bonds is 5. The van der Waals surface area contributed by atoms with Gasteiger partial charge in [0.2, 0.25) is 5.91 Å². The quantitative estimate of drug-likeness (QED) is 0.657. The summed E-state index contributed by atoms with van der Waals surface area (Å²) in [6, 6.07) is 11.4. The van der Waals surface area contributed by atoms with Crippen molar-refractivity contribution in [2.24, 2.45) is 0 Å². The Morgan fingerprint density at radius 3 is 2.42 bits per heavy atom. The Morgan fingerprint density at radius 1 is 1.12 bits per heavy atom. The molecule has 3 N–H and O–H groups in total. The van der Waals surface area contributed by atoms with Crippen LogP contribution in [0.2, 0.25) is 0 Å². The maximum atomic E-state index is 12.3. The van der Waals surface area contributed by atoms with Crippen molar-refractivity contribution < 1.29 is 4.79 Å². The lowest BCUT2D eigenvalue weighted by molar-refractivity contribution is -0.121. The van der Waals surface area contributed by atoms with Gasteiger partial charge in [-0.15, -0.1) is 0 Å². The molecule has 3 rings (SSSR count). The summed E-state index contributed by atoms with van der Waals surface area (Å²) in [6.07, 6.45) is 3.37. The number of hydrogen-bond donors (Lipinski definition) is 3. The molecule has 1 amide bonds. The minimum atomic E-state index is -0.429. The van der Waals surface area contributed by atoms with Gasteiger partial charge in [0.15, 0.2) is 0 Å². The molecule has 0 aliphatic carbocycles. The molecule has 7 nitrogen and oxygen atoms in total. The molecule has 3 aromatic rings. The van der Waals surface area contributed by atoms with E-state index in [9.17, 15) is 9.59 Å². The fraction of sp³-hybridized carbons (Fsp3) is 0.176. The Labute approximate surface area is 138 Å². The smallest absolute Gasteiger partial charge is 0.340 e. The van der Waals surface area contributed by atoms with Crippen LogP contribution in [0.3, 0.4) is 0 Å². The molecule has 24 heavy (non-hydrogen) atoms. The molecule has 0 fully saturated rings. The number of pyridine rings is 1. The zero-order chi connectivity index (χ0) is 16.9. The monoisotopic (exact) mass is 323 g/mol. The third-order valence-electron chi connectivity index (χ3n) is 3.63. The third kappa shape index (κ3) is 3.75. The largest absolute Gasteiger partial charge is 0.345 e. The predicted octanol–water partition coefficient (Wildman–Crippen LogP) is 1.25. The van der Waals surface area contributed by atoms with Gasteiger partial charge in [0.1, 0.15) is 5.82 Å². The number of nitrogens with one attached hydrogen (secondary N) is 3. The summed E-state index contributed by atoms with van der Waals surface area (Å²) in [5.74, 6) is 0.0648. The first-order chi connectivity index (χ1) is 11.6. The van der Waals surface area contributed by atoms with Gasteiger partial charge in [-0.3, -0.25) is 14.8 Å². The molecule has 0 aliphatic rings. The summed E-state index contributed by atoms with van der Waals surface area (Å²) in [5, 5.41) is 8.99. The van der Waals surface area contributed by atoms with Crippen LogP contribution in [0.25, 0.3) is 0 Å². The fourth-order valence-corrected chi connectivity index (χ4v) is 2.43. The first-order valence-electron chi connectivity index (χ1n) is 7.51. The lowest BCUT2D eigenvalue weighted by atomic mass is 9.98. The van der Waals surface area contributed by atoms with Gasteiger partial charge in [-0.1, -0.05) is 29.8 Å². The minimum absolute atomic E-state index is 0.00775. The maximum Gasteiger partial charge on any atom is 0.340 e. The van der Waals surface area contributed by atoms with E-state index in [1.807, 2.05) is 43.3 Å². The number of carbonyl (C=O) groups is 1. The van der Waals surface area contributed by atoms with Crippen LogP contribution >= 0.6 is 0 Å². The van der Waals surface area contributed by atoms with E-state index in [4.69, 9.17) is 0 Å². The Balaban J connectivity index is 1.83. The van der Waals surface area contributed by atoms with E-state index in [2.05, 4.69) is 25.5 Å². The van der Waals surface area contributed by atoms with Gasteiger partial charge in [0, 0.05) is 12.4 Å². The van der Waals surface area contributed by atoms with Gasteiger partial charge in [-0.25, -0.2) is 9.89 Å². The summed E-state index contributed by atoms with van der Waals surface area (Å²) < 4.78 is 0. The molecule has 2 aromatic heterocycles. The summed E-state index contributed by atoms with van der Waals surface area (Å²) in [7, 11) is 0. The zero-order valence-electron chi connectivity index (χ0n) is 13.1. The second kappa shape index (κ2) is 6.91. The van der Waals surface area contributed by atoms with E-state index in [0.717, 1.165) is 16.7 Å². The lowest BCUT2D eigenvalue weighted by Crippen LogP contribution is -2.31. The zero-order valence-corrected chi connectivity index (χ0v) is 13.1. The van der Waals surface area contributed by atoms with Gasteiger partial charge < -0.3 is 5.32 Å². The van der Waals surface area contributed by atoms with E-state index in [1.165, 1.54) is 0 Å². The predicted molar refractivity (Wildman–Crippen MR) is 88.3 cm³/mol. The van der Waals surface area contributed by atoms with E-state index >= 15 is 0 Å². The van der Waals surface area contributed by atoms with Crippen LogP contribution in [0.4, 0.5) is 0 Å². The van der Waals surface area contributed by atoms with Gasteiger partial charge in [-0.2, -0.15) is 5.10 Å². The second-order valence-electron chi connectivity index (χ2n) is 5.49. The number of aromatic nitrogens is 4. The first-order valence-corrected chi connectivity index (χ1v) is 7.51. The average molecular weight is 323 g/mol. The summed E-state index contributed by atoms with van der Waals surface area (Å²) in [4.78, 5) is 29.9. The van der Waals surface area contributed by atoms with Crippen LogP contribution in [0.1, 0.15) is 28.6 Å². The van der Waals surface area contributed by atoms with Crippen molar-refractivity contribution in [3.05, 3.63) is 81.8 Å². The van der Waals surface area contributed by atoms with Crippen molar-refractivity contribution in [3.8, 4) is 0 Å². The minimum Gasteiger partial charge on any atom is -0.345 e. The highest BCUT2D eigenvalue weighted by atomic mass is 16.2. The highest BCUT2D eigenvalue weighted by Crippen LogP contribution is 2.22.